The number of aromatic hydroxyl groups is 1. The van der Waals surface area contributed by atoms with Crippen molar-refractivity contribution in [3.05, 3.63) is 54.1 Å². The molecule has 21 heavy (non-hydrogen) atoms. The van der Waals surface area contributed by atoms with Crippen molar-refractivity contribution in [1.82, 2.24) is 0 Å². The monoisotopic (exact) mass is 306 g/mol. The van der Waals surface area contributed by atoms with Crippen LogP contribution in [-0.2, 0) is 15.5 Å². The average Bonchev–Trinajstić information content (AvgIpc) is 2.40. The van der Waals surface area contributed by atoms with Gasteiger partial charge in [0.1, 0.15) is 16.4 Å². The van der Waals surface area contributed by atoms with Crippen molar-refractivity contribution in [2.75, 3.05) is 0 Å². The zero-order valence-corrected chi connectivity index (χ0v) is 13.0. The third-order valence-corrected chi connectivity index (χ3v) is 4.31. The van der Waals surface area contributed by atoms with E-state index >= 15 is 0 Å². The van der Waals surface area contributed by atoms with E-state index in [0.29, 0.717) is 0 Å². The molecule has 2 aromatic rings. The first-order valence-corrected chi connectivity index (χ1v) is 7.93. The van der Waals surface area contributed by atoms with E-state index in [0.717, 1.165) is 5.56 Å². The smallest absolute Gasteiger partial charge is 0.339 e. The molecule has 0 atom stereocenters. The summed E-state index contributed by atoms with van der Waals surface area (Å²) in [6.45, 7) is 6.18. The Hall–Kier alpha value is -2.01. The highest BCUT2D eigenvalue weighted by atomic mass is 32.2. The van der Waals surface area contributed by atoms with Crippen LogP contribution in [0, 0.1) is 0 Å². The van der Waals surface area contributed by atoms with Gasteiger partial charge in [0.15, 0.2) is 0 Å². The topological polar surface area (TPSA) is 63.6 Å². The van der Waals surface area contributed by atoms with Crippen LogP contribution >= 0.6 is 0 Å². The van der Waals surface area contributed by atoms with Gasteiger partial charge in [-0.2, -0.15) is 8.42 Å². The number of phenols is 1. The maximum absolute atomic E-state index is 12.2. The first kappa shape index (κ1) is 15.4. The Morgan fingerprint density at radius 1 is 0.905 bits per heavy atom. The van der Waals surface area contributed by atoms with Crippen LogP contribution in [0.1, 0.15) is 26.3 Å². The van der Waals surface area contributed by atoms with Gasteiger partial charge in [-0.1, -0.05) is 32.9 Å². The zero-order valence-electron chi connectivity index (χ0n) is 12.2. The van der Waals surface area contributed by atoms with Crippen LogP contribution < -0.4 is 4.18 Å². The molecule has 0 unspecified atom stereocenters. The second kappa shape index (κ2) is 5.41. The average molecular weight is 306 g/mol. The molecule has 0 fully saturated rings. The summed E-state index contributed by atoms with van der Waals surface area (Å²) in [4.78, 5) is 0.101. The predicted octanol–water partition coefficient (Wildman–Crippen LogP) is 3.46. The fraction of sp³-hybridized carbons (Fsp3) is 0.250. The van der Waals surface area contributed by atoms with E-state index < -0.39 is 10.1 Å². The summed E-state index contributed by atoms with van der Waals surface area (Å²) < 4.78 is 29.4. The van der Waals surface area contributed by atoms with E-state index in [-0.39, 0.29) is 21.8 Å². The molecule has 4 nitrogen and oxygen atoms in total. The Bertz CT molecular complexity index is 708. The summed E-state index contributed by atoms with van der Waals surface area (Å²) in [5, 5.41) is 9.17. The van der Waals surface area contributed by atoms with Crippen LogP contribution in [0.4, 0.5) is 0 Å². The molecule has 0 aliphatic rings. The lowest BCUT2D eigenvalue weighted by atomic mass is 9.87. The van der Waals surface area contributed by atoms with E-state index in [1.54, 1.807) is 12.1 Å². The van der Waals surface area contributed by atoms with E-state index in [2.05, 4.69) is 20.8 Å². The lowest BCUT2D eigenvalue weighted by molar-refractivity contribution is 0.468. The standard InChI is InChI=1S/C16H18O4S/c1-16(2,3)12-4-10-15(11-5-12)21(18,19)20-14-8-6-13(17)7-9-14/h4-11,17H,1-3H3. The van der Waals surface area contributed by atoms with Gasteiger partial charge in [0.25, 0.3) is 0 Å². The number of hydrogen-bond donors (Lipinski definition) is 1. The van der Waals surface area contributed by atoms with Crippen molar-refractivity contribution in [3.63, 3.8) is 0 Å². The van der Waals surface area contributed by atoms with Crippen LogP contribution in [0.25, 0.3) is 0 Å². The summed E-state index contributed by atoms with van der Waals surface area (Å²) in [5.41, 5.74) is 1.01. The Kier molecular flexibility index (Phi) is 3.96. The minimum absolute atomic E-state index is 0.0416. The molecule has 1 N–H and O–H groups in total. The quantitative estimate of drug-likeness (QED) is 0.882. The van der Waals surface area contributed by atoms with Crippen molar-refractivity contribution < 1.29 is 17.7 Å². The second-order valence-electron chi connectivity index (χ2n) is 5.81. The zero-order chi connectivity index (χ0) is 15.7. The van der Waals surface area contributed by atoms with Gasteiger partial charge >= 0.3 is 10.1 Å². The van der Waals surface area contributed by atoms with Gasteiger partial charge in [-0.05, 0) is 47.4 Å². The molecule has 112 valence electrons. The molecule has 0 heterocycles. The van der Waals surface area contributed by atoms with Crippen molar-refractivity contribution >= 4 is 10.1 Å². The summed E-state index contributed by atoms with van der Waals surface area (Å²) in [5.74, 6) is 0.210. The van der Waals surface area contributed by atoms with Gasteiger partial charge < -0.3 is 9.29 Å². The second-order valence-corrected chi connectivity index (χ2v) is 7.35. The molecular weight excluding hydrogens is 288 g/mol. The molecular formula is C16H18O4S. The number of rotatable bonds is 3. The van der Waals surface area contributed by atoms with Crippen LogP contribution in [-0.4, -0.2) is 13.5 Å². The van der Waals surface area contributed by atoms with Gasteiger partial charge in [0, 0.05) is 0 Å². The molecule has 0 aromatic heterocycles. The van der Waals surface area contributed by atoms with Gasteiger partial charge in [-0.3, -0.25) is 0 Å². The number of phenolic OH excluding ortho intramolecular Hbond substituents is 1. The minimum Gasteiger partial charge on any atom is -0.508 e. The highest BCUT2D eigenvalue weighted by Gasteiger charge is 2.19. The molecule has 0 radical (unpaired) electrons. The van der Waals surface area contributed by atoms with E-state index in [9.17, 15) is 13.5 Å². The van der Waals surface area contributed by atoms with Gasteiger partial charge in [-0.25, -0.2) is 0 Å². The van der Waals surface area contributed by atoms with E-state index in [4.69, 9.17) is 4.18 Å². The van der Waals surface area contributed by atoms with E-state index in [1.807, 2.05) is 0 Å². The van der Waals surface area contributed by atoms with Crippen molar-refractivity contribution in [2.45, 2.75) is 31.1 Å². The molecule has 0 spiro atoms. The lowest BCUT2D eigenvalue weighted by Crippen LogP contribution is -2.13. The first-order valence-electron chi connectivity index (χ1n) is 6.52. The highest BCUT2D eigenvalue weighted by molar-refractivity contribution is 7.87. The Balaban J connectivity index is 2.25. The summed E-state index contributed by atoms with van der Waals surface area (Å²) >= 11 is 0. The maximum Gasteiger partial charge on any atom is 0.339 e. The third kappa shape index (κ3) is 3.76. The van der Waals surface area contributed by atoms with Crippen molar-refractivity contribution in [2.24, 2.45) is 0 Å². The van der Waals surface area contributed by atoms with Crippen LogP contribution in [0.2, 0.25) is 0 Å². The van der Waals surface area contributed by atoms with Crippen LogP contribution in [0.5, 0.6) is 11.5 Å². The van der Waals surface area contributed by atoms with Crippen LogP contribution in [0.15, 0.2) is 53.4 Å². The predicted molar refractivity (Wildman–Crippen MR) is 81.1 cm³/mol. The van der Waals surface area contributed by atoms with Crippen molar-refractivity contribution in [1.29, 1.82) is 0 Å². The normalized spacial score (nSPS) is 12.1. The molecule has 5 heteroatoms. The van der Waals surface area contributed by atoms with E-state index in [1.165, 1.54) is 36.4 Å². The molecule has 0 aliphatic heterocycles. The third-order valence-electron chi connectivity index (χ3n) is 3.05. The minimum atomic E-state index is -3.87. The summed E-state index contributed by atoms with van der Waals surface area (Å²) in [6.07, 6.45) is 0. The fourth-order valence-electron chi connectivity index (χ4n) is 1.80. The molecule has 0 aliphatic carbocycles. The largest absolute Gasteiger partial charge is 0.508 e. The van der Waals surface area contributed by atoms with Gasteiger partial charge in [0.2, 0.25) is 0 Å². The molecule has 0 saturated carbocycles. The first-order chi connectivity index (χ1) is 9.68. The molecule has 0 saturated heterocycles. The summed E-state index contributed by atoms with van der Waals surface area (Å²) in [7, 11) is -3.87. The SMILES string of the molecule is CC(C)(C)c1ccc(S(=O)(=O)Oc2ccc(O)cc2)cc1. The molecule has 2 aromatic carbocycles. The molecule has 2 rings (SSSR count). The molecule has 0 amide bonds. The number of hydrogen-bond acceptors (Lipinski definition) is 4. The highest BCUT2D eigenvalue weighted by Crippen LogP contribution is 2.25. The fourth-order valence-corrected chi connectivity index (χ4v) is 2.73. The number of benzene rings is 2. The lowest BCUT2D eigenvalue weighted by Gasteiger charge is -2.19. The molecule has 0 bridgehead atoms. The summed E-state index contributed by atoms with van der Waals surface area (Å²) in [6, 6.07) is 12.2. The van der Waals surface area contributed by atoms with Crippen LogP contribution in [0.3, 0.4) is 0 Å². The Morgan fingerprint density at radius 2 is 1.43 bits per heavy atom. The van der Waals surface area contributed by atoms with Gasteiger partial charge in [0.05, 0.1) is 0 Å². The van der Waals surface area contributed by atoms with Crippen molar-refractivity contribution in [3.8, 4) is 11.5 Å². The maximum atomic E-state index is 12.2. The van der Waals surface area contributed by atoms with Gasteiger partial charge in [-0.15, -0.1) is 0 Å². The Labute approximate surface area is 125 Å². The Morgan fingerprint density at radius 3 is 1.90 bits per heavy atom.